The van der Waals surface area contributed by atoms with E-state index in [9.17, 15) is 9.59 Å². The highest BCUT2D eigenvalue weighted by molar-refractivity contribution is 7.99. The van der Waals surface area contributed by atoms with Crippen molar-refractivity contribution in [1.29, 1.82) is 0 Å². The highest BCUT2D eigenvalue weighted by Crippen LogP contribution is 2.30. The summed E-state index contributed by atoms with van der Waals surface area (Å²) in [6.07, 6.45) is 6.29. The van der Waals surface area contributed by atoms with Crippen LogP contribution in [0.15, 0.2) is 0 Å². The lowest BCUT2D eigenvalue weighted by Gasteiger charge is -2.29. The maximum absolute atomic E-state index is 12.6. The zero-order valence-corrected chi connectivity index (χ0v) is 13.3. The van der Waals surface area contributed by atoms with E-state index in [4.69, 9.17) is 0 Å². The largest absolute Gasteiger partial charge is 0.351 e. The molecule has 0 spiro atoms. The number of rotatable bonds is 3. The van der Waals surface area contributed by atoms with E-state index in [-0.39, 0.29) is 29.8 Å². The molecule has 2 heterocycles. The molecule has 6 heteroatoms. The lowest BCUT2D eigenvalue weighted by atomic mass is 10.0. The van der Waals surface area contributed by atoms with Gasteiger partial charge in [-0.2, -0.15) is 0 Å². The van der Waals surface area contributed by atoms with E-state index < -0.39 is 0 Å². The predicted octanol–water partition coefficient (Wildman–Crippen LogP) is 0.946. The number of amides is 2. The molecule has 2 amide bonds. The minimum Gasteiger partial charge on any atom is -0.351 e. The summed E-state index contributed by atoms with van der Waals surface area (Å²) in [6.45, 7) is 1.93. The normalized spacial score (nSPS) is 28.0. The predicted molar refractivity (Wildman–Crippen MR) is 84.0 cm³/mol. The quantitative estimate of drug-likeness (QED) is 0.814. The van der Waals surface area contributed by atoms with Crippen molar-refractivity contribution in [3.63, 3.8) is 0 Å². The molecule has 1 unspecified atom stereocenters. The van der Waals surface area contributed by atoms with Gasteiger partial charge in [0.2, 0.25) is 11.8 Å². The van der Waals surface area contributed by atoms with E-state index in [2.05, 4.69) is 10.6 Å². The molecule has 5 nitrogen and oxygen atoms in total. The van der Waals surface area contributed by atoms with Gasteiger partial charge in [0.1, 0.15) is 6.04 Å². The van der Waals surface area contributed by atoms with Crippen molar-refractivity contribution in [2.45, 2.75) is 50.6 Å². The van der Waals surface area contributed by atoms with Gasteiger partial charge in [0.25, 0.3) is 0 Å². The molecule has 0 aromatic heterocycles. The third kappa shape index (κ3) is 3.54. The lowest BCUT2D eigenvalue weighted by molar-refractivity contribution is -0.141. The summed E-state index contributed by atoms with van der Waals surface area (Å²) in [4.78, 5) is 26.9. The molecule has 0 radical (unpaired) electrons. The van der Waals surface area contributed by atoms with Crippen molar-refractivity contribution >= 4 is 23.6 Å². The maximum atomic E-state index is 12.6. The second-order valence-corrected chi connectivity index (χ2v) is 7.34. The van der Waals surface area contributed by atoms with Gasteiger partial charge in [0.05, 0.1) is 5.88 Å². The summed E-state index contributed by atoms with van der Waals surface area (Å²) in [7, 11) is 0. The first-order valence-corrected chi connectivity index (χ1v) is 9.30. The van der Waals surface area contributed by atoms with Crippen molar-refractivity contribution in [1.82, 2.24) is 15.5 Å². The average molecular weight is 311 g/mol. The SMILES string of the molecule is O=C(NC1CCNCC1)C1CSCN1C(=O)C1CCCC1. The Hall–Kier alpha value is -0.750. The Bertz CT molecular complexity index is 392. The Morgan fingerprint density at radius 2 is 1.81 bits per heavy atom. The second-order valence-electron chi connectivity index (χ2n) is 6.34. The van der Waals surface area contributed by atoms with Crippen LogP contribution in [0.2, 0.25) is 0 Å². The molecule has 1 saturated carbocycles. The molecule has 2 aliphatic heterocycles. The average Bonchev–Trinajstić information content (AvgIpc) is 3.19. The second kappa shape index (κ2) is 7.01. The van der Waals surface area contributed by atoms with Gasteiger partial charge in [0.15, 0.2) is 0 Å². The lowest BCUT2D eigenvalue weighted by Crippen LogP contribution is -2.52. The number of piperidine rings is 1. The highest BCUT2D eigenvalue weighted by atomic mass is 32.2. The summed E-state index contributed by atoms with van der Waals surface area (Å²) >= 11 is 1.70. The van der Waals surface area contributed by atoms with Gasteiger partial charge >= 0.3 is 0 Å². The number of thioether (sulfide) groups is 1. The van der Waals surface area contributed by atoms with Gasteiger partial charge < -0.3 is 15.5 Å². The highest BCUT2D eigenvalue weighted by Gasteiger charge is 2.38. The van der Waals surface area contributed by atoms with Crippen molar-refractivity contribution < 1.29 is 9.59 Å². The van der Waals surface area contributed by atoms with Crippen LogP contribution in [0.3, 0.4) is 0 Å². The van der Waals surface area contributed by atoms with Crippen molar-refractivity contribution in [2.24, 2.45) is 5.92 Å². The number of nitrogens with one attached hydrogen (secondary N) is 2. The topological polar surface area (TPSA) is 61.4 Å². The zero-order valence-electron chi connectivity index (χ0n) is 12.5. The minimum atomic E-state index is -0.252. The Labute approximate surface area is 130 Å². The Morgan fingerprint density at radius 3 is 2.52 bits per heavy atom. The molecule has 118 valence electrons. The molecule has 1 atom stereocenters. The maximum Gasteiger partial charge on any atom is 0.243 e. The van der Waals surface area contributed by atoms with Crippen LogP contribution < -0.4 is 10.6 Å². The first-order chi connectivity index (χ1) is 10.3. The Morgan fingerprint density at radius 1 is 1.10 bits per heavy atom. The third-order valence-electron chi connectivity index (χ3n) is 4.86. The van der Waals surface area contributed by atoms with Gasteiger partial charge in [-0.1, -0.05) is 12.8 Å². The van der Waals surface area contributed by atoms with Gasteiger partial charge in [-0.05, 0) is 38.8 Å². The summed E-state index contributed by atoms with van der Waals surface area (Å²) in [5, 5.41) is 6.45. The first-order valence-electron chi connectivity index (χ1n) is 8.15. The van der Waals surface area contributed by atoms with E-state index in [1.165, 1.54) is 0 Å². The molecule has 0 aromatic carbocycles. The standard InChI is InChI=1S/C15H25N3O2S/c19-14(17-12-5-7-16-8-6-12)13-9-21-10-18(13)15(20)11-3-1-2-4-11/h11-13,16H,1-10H2,(H,17,19). The fourth-order valence-corrected chi connectivity index (χ4v) is 4.71. The molecule has 3 aliphatic rings. The van der Waals surface area contributed by atoms with Crippen LogP contribution in [-0.4, -0.2) is 53.5 Å². The summed E-state index contributed by atoms with van der Waals surface area (Å²) in [5.41, 5.74) is 0. The van der Waals surface area contributed by atoms with E-state index in [1.54, 1.807) is 11.8 Å². The van der Waals surface area contributed by atoms with Crippen molar-refractivity contribution in [2.75, 3.05) is 24.7 Å². The van der Waals surface area contributed by atoms with E-state index in [0.717, 1.165) is 57.4 Å². The zero-order chi connectivity index (χ0) is 14.7. The fourth-order valence-electron chi connectivity index (χ4n) is 3.55. The molecular formula is C15H25N3O2S. The molecule has 3 rings (SSSR count). The minimum absolute atomic E-state index is 0.0539. The number of carbonyl (C=O) groups is 2. The number of hydrogen-bond donors (Lipinski definition) is 2. The molecule has 2 saturated heterocycles. The van der Waals surface area contributed by atoms with Gasteiger partial charge in [-0.15, -0.1) is 11.8 Å². The molecule has 0 bridgehead atoms. The van der Waals surface area contributed by atoms with Crippen molar-refractivity contribution in [3.05, 3.63) is 0 Å². The first kappa shape index (κ1) is 15.2. The molecule has 21 heavy (non-hydrogen) atoms. The van der Waals surface area contributed by atoms with Crippen molar-refractivity contribution in [3.8, 4) is 0 Å². The van der Waals surface area contributed by atoms with Gasteiger partial charge in [0, 0.05) is 17.7 Å². The van der Waals surface area contributed by atoms with Crippen LogP contribution in [0.1, 0.15) is 38.5 Å². The van der Waals surface area contributed by atoms with Crippen LogP contribution in [0.4, 0.5) is 0 Å². The smallest absolute Gasteiger partial charge is 0.243 e. The van der Waals surface area contributed by atoms with Crippen LogP contribution in [0.25, 0.3) is 0 Å². The molecule has 2 N–H and O–H groups in total. The van der Waals surface area contributed by atoms with Crippen LogP contribution in [0, 0.1) is 5.92 Å². The monoisotopic (exact) mass is 311 g/mol. The van der Waals surface area contributed by atoms with Crippen LogP contribution in [-0.2, 0) is 9.59 Å². The molecule has 0 aromatic rings. The van der Waals surface area contributed by atoms with E-state index in [0.29, 0.717) is 5.88 Å². The molecular weight excluding hydrogens is 286 g/mol. The van der Waals surface area contributed by atoms with Crippen LogP contribution in [0.5, 0.6) is 0 Å². The Kier molecular flexibility index (Phi) is 5.06. The number of carbonyl (C=O) groups excluding carboxylic acids is 2. The number of nitrogens with zero attached hydrogens (tertiary/aromatic N) is 1. The van der Waals surface area contributed by atoms with Gasteiger partial charge in [-0.25, -0.2) is 0 Å². The summed E-state index contributed by atoms with van der Waals surface area (Å²) in [6, 6.07) is 0.0192. The van der Waals surface area contributed by atoms with E-state index >= 15 is 0 Å². The van der Waals surface area contributed by atoms with E-state index in [1.807, 2.05) is 4.90 Å². The fraction of sp³-hybridized carbons (Fsp3) is 0.867. The summed E-state index contributed by atoms with van der Waals surface area (Å²) in [5.74, 6) is 1.86. The van der Waals surface area contributed by atoms with Crippen LogP contribution >= 0.6 is 11.8 Å². The Balaban J connectivity index is 1.57. The third-order valence-corrected chi connectivity index (χ3v) is 5.87. The molecule has 3 fully saturated rings. The summed E-state index contributed by atoms with van der Waals surface area (Å²) < 4.78 is 0. The number of hydrogen-bond acceptors (Lipinski definition) is 4. The molecule has 1 aliphatic carbocycles. The van der Waals surface area contributed by atoms with Gasteiger partial charge in [-0.3, -0.25) is 9.59 Å².